The molecule has 1 aromatic heterocycles. The largest absolute Gasteiger partial charge is 0.350 e. The Balaban J connectivity index is 1.30. The van der Waals surface area contributed by atoms with Crippen molar-refractivity contribution < 1.29 is 28.1 Å². The summed E-state index contributed by atoms with van der Waals surface area (Å²) in [6, 6.07) is 13.0. The van der Waals surface area contributed by atoms with Crippen molar-refractivity contribution in [1.29, 1.82) is 0 Å². The molecular weight excluding hydrogens is 431 g/mol. The molecule has 33 heavy (non-hydrogen) atoms. The molecule has 0 unspecified atom stereocenters. The smallest absolute Gasteiger partial charge is 0.335 e. The first-order valence-electron chi connectivity index (χ1n) is 10.4. The number of benzene rings is 2. The van der Waals surface area contributed by atoms with Gasteiger partial charge in [0.1, 0.15) is 11.5 Å². The molecule has 0 atom stereocenters. The van der Waals surface area contributed by atoms with Gasteiger partial charge in [0.05, 0.1) is 5.92 Å². The number of urea groups is 1. The van der Waals surface area contributed by atoms with E-state index in [1.165, 1.54) is 30.3 Å². The van der Waals surface area contributed by atoms with Crippen LogP contribution >= 0.6 is 0 Å². The number of hydroxylamine groups is 1. The van der Waals surface area contributed by atoms with Crippen LogP contribution in [0.15, 0.2) is 59.1 Å². The molecule has 170 valence electrons. The van der Waals surface area contributed by atoms with Crippen LogP contribution < -0.4 is 16.1 Å². The van der Waals surface area contributed by atoms with Crippen molar-refractivity contribution in [3.05, 3.63) is 66.2 Å². The van der Waals surface area contributed by atoms with Crippen LogP contribution in [0.4, 0.5) is 20.6 Å². The second kappa shape index (κ2) is 9.94. The Morgan fingerprint density at radius 3 is 2.18 bits per heavy atom. The fraction of sp³-hybridized carbons (Fsp3) is 0.217. The van der Waals surface area contributed by atoms with Crippen LogP contribution in [0, 0.1) is 11.7 Å². The number of nitrogens with zero attached hydrogens (tertiary/aromatic N) is 1. The molecule has 1 heterocycles. The molecule has 0 saturated heterocycles. The zero-order valence-electron chi connectivity index (χ0n) is 17.5. The van der Waals surface area contributed by atoms with Gasteiger partial charge in [-0.15, -0.1) is 0 Å². The lowest BCUT2D eigenvalue weighted by Gasteiger charge is -2.08. The number of amides is 3. The molecule has 1 fully saturated rings. The lowest BCUT2D eigenvalue weighted by Crippen LogP contribution is -2.29. The zero-order chi connectivity index (χ0) is 23.2. The number of carbonyl (C=O) groups is 3. The van der Waals surface area contributed by atoms with E-state index in [9.17, 15) is 18.8 Å². The van der Waals surface area contributed by atoms with Crippen LogP contribution in [0.25, 0.3) is 11.3 Å². The lowest BCUT2D eigenvalue weighted by molar-refractivity contribution is -0.153. The van der Waals surface area contributed by atoms with Crippen LogP contribution in [0.1, 0.15) is 36.2 Å². The maximum absolute atomic E-state index is 12.9. The van der Waals surface area contributed by atoms with Crippen molar-refractivity contribution in [3.8, 4) is 11.3 Å². The molecule has 2 aromatic carbocycles. The molecule has 10 heteroatoms. The Kier molecular flexibility index (Phi) is 6.63. The van der Waals surface area contributed by atoms with E-state index in [0.717, 1.165) is 25.7 Å². The second-order valence-electron chi connectivity index (χ2n) is 7.57. The summed E-state index contributed by atoms with van der Waals surface area (Å²) in [6.07, 6.45) is 3.48. The summed E-state index contributed by atoms with van der Waals surface area (Å²) in [5.74, 6) is -1.84. The summed E-state index contributed by atoms with van der Waals surface area (Å²) in [5.41, 5.74) is 4.10. The van der Waals surface area contributed by atoms with E-state index in [-0.39, 0.29) is 11.7 Å². The average molecular weight is 452 g/mol. The maximum atomic E-state index is 12.9. The number of nitrogens with one attached hydrogen (secondary N) is 3. The fourth-order valence-corrected chi connectivity index (χ4v) is 3.46. The highest BCUT2D eigenvalue weighted by Gasteiger charge is 2.25. The van der Waals surface area contributed by atoms with E-state index in [1.807, 2.05) is 0 Å². The molecule has 3 amide bonds. The fourth-order valence-electron chi connectivity index (χ4n) is 3.46. The van der Waals surface area contributed by atoms with Gasteiger partial charge in [-0.1, -0.05) is 30.1 Å². The van der Waals surface area contributed by atoms with Gasteiger partial charge in [0.15, 0.2) is 0 Å². The predicted molar refractivity (Wildman–Crippen MR) is 116 cm³/mol. The van der Waals surface area contributed by atoms with E-state index in [2.05, 4.69) is 21.3 Å². The minimum Gasteiger partial charge on any atom is -0.350 e. The summed E-state index contributed by atoms with van der Waals surface area (Å²) in [7, 11) is 0. The van der Waals surface area contributed by atoms with Gasteiger partial charge in [-0.3, -0.25) is 4.79 Å². The summed E-state index contributed by atoms with van der Waals surface area (Å²) >= 11 is 0. The monoisotopic (exact) mass is 452 g/mol. The van der Waals surface area contributed by atoms with Gasteiger partial charge in [-0.05, 0) is 49.2 Å². The number of anilines is 2. The SMILES string of the molecule is O=C(Nc1ccc(F)cc1)Nc1ccc(-c2cc(C(=O)NOC(=O)C3CCCC3)on2)cc1. The third-order valence-electron chi connectivity index (χ3n) is 5.21. The van der Waals surface area contributed by atoms with Gasteiger partial charge in [0, 0.05) is 23.0 Å². The van der Waals surface area contributed by atoms with Crippen molar-refractivity contribution >= 4 is 29.3 Å². The van der Waals surface area contributed by atoms with Gasteiger partial charge < -0.3 is 20.0 Å². The summed E-state index contributed by atoms with van der Waals surface area (Å²) in [5, 5.41) is 9.11. The highest BCUT2D eigenvalue weighted by molar-refractivity contribution is 5.99. The van der Waals surface area contributed by atoms with E-state index < -0.39 is 23.7 Å². The number of halogens is 1. The van der Waals surface area contributed by atoms with Crippen LogP contribution in [-0.2, 0) is 9.63 Å². The van der Waals surface area contributed by atoms with Gasteiger partial charge >= 0.3 is 17.9 Å². The Hall–Kier alpha value is -4.21. The Morgan fingerprint density at radius 1 is 0.939 bits per heavy atom. The van der Waals surface area contributed by atoms with Crippen molar-refractivity contribution in [2.24, 2.45) is 5.92 Å². The number of hydrogen-bond acceptors (Lipinski definition) is 6. The van der Waals surface area contributed by atoms with Gasteiger partial charge in [-0.25, -0.2) is 14.0 Å². The van der Waals surface area contributed by atoms with Gasteiger partial charge in [0.2, 0.25) is 5.76 Å². The topological polar surface area (TPSA) is 123 Å². The van der Waals surface area contributed by atoms with E-state index in [1.54, 1.807) is 24.3 Å². The standard InChI is InChI=1S/C23H21FN4O5/c24-16-7-11-18(12-8-16)26-23(31)25-17-9-5-14(6-10-17)19-13-20(32-27-19)21(29)28-33-22(30)15-3-1-2-4-15/h5-13,15H,1-4H2,(H,28,29)(H2,25,26,31). The van der Waals surface area contributed by atoms with Crippen molar-refractivity contribution in [2.45, 2.75) is 25.7 Å². The normalized spacial score (nSPS) is 13.4. The third kappa shape index (κ3) is 5.73. The summed E-state index contributed by atoms with van der Waals surface area (Å²) in [4.78, 5) is 41.0. The predicted octanol–water partition coefficient (Wildman–Crippen LogP) is 4.50. The number of rotatable bonds is 5. The zero-order valence-corrected chi connectivity index (χ0v) is 17.5. The van der Waals surface area contributed by atoms with E-state index >= 15 is 0 Å². The molecule has 3 N–H and O–H groups in total. The quantitative estimate of drug-likeness (QED) is 0.490. The molecule has 1 aliphatic carbocycles. The minimum atomic E-state index is -0.712. The lowest BCUT2D eigenvalue weighted by atomic mass is 10.1. The van der Waals surface area contributed by atoms with Gasteiger partial charge in [0.25, 0.3) is 0 Å². The number of hydrogen-bond donors (Lipinski definition) is 3. The molecule has 3 aromatic rings. The van der Waals surface area contributed by atoms with E-state index in [4.69, 9.17) is 9.36 Å². The maximum Gasteiger partial charge on any atom is 0.335 e. The summed E-state index contributed by atoms with van der Waals surface area (Å²) < 4.78 is 18.0. The van der Waals surface area contributed by atoms with Crippen molar-refractivity contribution in [2.75, 3.05) is 10.6 Å². The number of carbonyl (C=O) groups excluding carboxylic acids is 3. The molecule has 1 saturated carbocycles. The third-order valence-corrected chi connectivity index (χ3v) is 5.21. The molecule has 0 spiro atoms. The van der Waals surface area contributed by atoms with E-state index in [0.29, 0.717) is 22.6 Å². The molecule has 1 aliphatic rings. The average Bonchev–Trinajstić information content (AvgIpc) is 3.52. The highest BCUT2D eigenvalue weighted by atomic mass is 19.1. The first kappa shape index (κ1) is 22.0. The Morgan fingerprint density at radius 2 is 1.55 bits per heavy atom. The number of aromatic nitrogens is 1. The van der Waals surface area contributed by atoms with Crippen molar-refractivity contribution in [1.82, 2.24) is 10.6 Å². The molecule has 9 nitrogen and oxygen atoms in total. The van der Waals surface area contributed by atoms with Gasteiger partial charge in [-0.2, -0.15) is 5.48 Å². The van der Waals surface area contributed by atoms with Crippen LogP contribution in [0.5, 0.6) is 0 Å². The molecule has 4 rings (SSSR count). The molecular formula is C23H21FN4O5. The van der Waals surface area contributed by atoms with Crippen molar-refractivity contribution in [3.63, 3.8) is 0 Å². The molecule has 0 aliphatic heterocycles. The van der Waals surface area contributed by atoms with Crippen LogP contribution in [0.3, 0.4) is 0 Å². The Bertz CT molecular complexity index is 1140. The Labute approximate surface area is 188 Å². The molecule has 0 bridgehead atoms. The first-order valence-corrected chi connectivity index (χ1v) is 10.4. The van der Waals surface area contributed by atoms with Crippen LogP contribution in [-0.4, -0.2) is 23.1 Å². The first-order chi connectivity index (χ1) is 16.0. The van der Waals surface area contributed by atoms with Crippen LogP contribution in [0.2, 0.25) is 0 Å². The molecule has 0 radical (unpaired) electrons. The second-order valence-corrected chi connectivity index (χ2v) is 7.57. The highest BCUT2D eigenvalue weighted by Crippen LogP contribution is 2.25. The minimum absolute atomic E-state index is 0.106. The summed E-state index contributed by atoms with van der Waals surface area (Å²) in [6.45, 7) is 0.